The van der Waals surface area contributed by atoms with Crippen LogP contribution < -0.4 is 14.8 Å². The molecule has 0 saturated carbocycles. The third-order valence-electron chi connectivity index (χ3n) is 3.74. The van der Waals surface area contributed by atoms with Gasteiger partial charge in [0.05, 0.1) is 18.2 Å². The van der Waals surface area contributed by atoms with E-state index in [9.17, 15) is 4.79 Å². The van der Waals surface area contributed by atoms with Crippen molar-refractivity contribution in [1.29, 1.82) is 0 Å². The van der Waals surface area contributed by atoms with E-state index in [0.29, 0.717) is 35.3 Å². The fraction of sp³-hybridized carbons (Fsp3) is 0.350. The molecule has 5 heteroatoms. The maximum absolute atomic E-state index is 12.7. The van der Waals surface area contributed by atoms with Gasteiger partial charge in [0, 0.05) is 11.3 Å². The summed E-state index contributed by atoms with van der Waals surface area (Å²) in [5.41, 5.74) is 3.26. The van der Waals surface area contributed by atoms with E-state index in [1.807, 2.05) is 45.9 Å². The molecule has 0 heterocycles. The van der Waals surface area contributed by atoms with Crippen molar-refractivity contribution < 1.29 is 14.3 Å². The highest BCUT2D eigenvalue weighted by Gasteiger charge is 2.17. The van der Waals surface area contributed by atoms with Gasteiger partial charge in [0.15, 0.2) is 11.5 Å². The molecule has 0 spiro atoms. The zero-order chi connectivity index (χ0) is 18.4. The van der Waals surface area contributed by atoms with Crippen LogP contribution in [0.3, 0.4) is 0 Å². The van der Waals surface area contributed by atoms with Crippen LogP contribution in [0.1, 0.15) is 41.8 Å². The Morgan fingerprint density at radius 3 is 2.40 bits per heavy atom. The molecule has 0 aromatic heterocycles. The molecular weight excluding hydrogens is 338 g/mol. The van der Waals surface area contributed by atoms with Gasteiger partial charge >= 0.3 is 0 Å². The van der Waals surface area contributed by atoms with Gasteiger partial charge in [0.1, 0.15) is 0 Å². The van der Waals surface area contributed by atoms with Gasteiger partial charge in [0.25, 0.3) is 5.91 Å². The second kappa shape index (κ2) is 8.77. The van der Waals surface area contributed by atoms with E-state index in [4.69, 9.17) is 21.1 Å². The number of carbonyl (C=O) groups excluding carboxylic acids is 1. The Bertz CT molecular complexity index is 739. The van der Waals surface area contributed by atoms with Gasteiger partial charge in [-0.3, -0.25) is 4.79 Å². The average molecular weight is 362 g/mol. The van der Waals surface area contributed by atoms with Crippen LogP contribution in [0.15, 0.2) is 30.3 Å². The molecule has 1 amide bonds. The number of para-hydroxylation sites is 1. The van der Waals surface area contributed by atoms with Crippen LogP contribution in [0.5, 0.6) is 11.5 Å². The normalized spacial score (nSPS) is 10.4. The summed E-state index contributed by atoms with van der Waals surface area (Å²) in [6.45, 7) is 8.81. The van der Waals surface area contributed by atoms with E-state index < -0.39 is 0 Å². The lowest BCUT2D eigenvalue weighted by atomic mass is 10.1. The summed E-state index contributed by atoms with van der Waals surface area (Å²) in [6, 6.07) is 9.16. The van der Waals surface area contributed by atoms with E-state index >= 15 is 0 Å². The van der Waals surface area contributed by atoms with E-state index in [0.717, 1.165) is 23.2 Å². The Morgan fingerprint density at radius 1 is 1.12 bits per heavy atom. The monoisotopic (exact) mass is 361 g/mol. The molecule has 1 N–H and O–H groups in total. The first kappa shape index (κ1) is 19.1. The first-order chi connectivity index (χ1) is 12.0. The van der Waals surface area contributed by atoms with Crippen molar-refractivity contribution in [3.63, 3.8) is 0 Å². The van der Waals surface area contributed by atoms with E-state index in [1.165, 1.54) is 0 Å². The number of anilines is 1. The van der Waals surface area contributed by atoms with Gasteiger partial charge in [-0.2, -0.15) is 0 Å². The summed E-state index contributed by atoms with van der Waals surface area (Å²) in [7, 11) is 0. The molecule has 0 atom stereocenters. The average Bonchev–Trinajstić information content (AvgIpc) is 2.57. The fourth-order valence-corrected chi connectivity index (χ4v) is 2.77. The smallest absolute Gasteiger partial charge is 0.255 e. The molecule has 0 saturated heterocycles. The van der Waals surface area contributed by atoms with E-state index in [2.05, 4.69) is 5.32 Å². The topological polar surface area (TPSA) is 47.6 Å². The SMILES string of the molecule is CCCOc1c(Cl)cc(C(=O)Nc2c(C)cccc2C)cc1OCC. The molecule has 0 unspecified atom stereocenters. The van der Waals surface area contributed by atoms with Gasteiger partial charge in [0.2, 0.25) is 0 Å². The van der Waals surface area contributed by atoms with Gasteiger partial charge in [-0.1, -0.05) is 36.7 Å². The molecule has 4 nitrogen and oxygen atoms in total. The van der Waals surface area contributed by atoms with Crippen molar-refractivity contribution in [2.24, 2.45) is 0 Å². The minimum Gasteiger partial charge on any atom is -0.490 e. The van der Waals surface area contributed by atoms with Crippen LogP contribution in [0, 0.1) is 13.8 Å². The predicted octanol–water partition coefficient (Wildman–Crippen LogP) is 5.40. The van der Waals surface area contributed by atoms with Gasteiger partial charge in [-0.05, 0) is 50.5 Å². The molecule has 2 rings (SSSR count). The number of amides is 1. The van der Waals surface area contributed by atoms with Crippen molar-refractivity contribution in [3.05, 3.63) is 52.0 Å². The Kier molecular flexibility index (Phi) is 6.71. The number of hydrogen-bond acceptors (Lipinski definition) is 3. The number of nitrogens with one attached hydrogen (secondary N) is 1. The molecule has 0 fully saturated rings. The minimum atomic E-state index is -0.234. The van der Waals surface area contributed by atoms with Gasteiger partial charge < -0.3 is 14.8 Å². The lowest BCUT2D eigenvalue weighted by Gasteiger charge is -2.16. The molecule has 0 radical (unpaired) electrons. The molecule has 0 aliphatic heterocycles. The summed E-state index contributed by atoms with van der Waals surface area (Å²) >= 11 is 6.33. The number of halogens is 1. The van der Waals surface area contributed by atoms with E-state index in [1.54, 1.807) is 12.1 Å². The number of carbonyl (C=O) groups is 1. The summed E-state index contributed by atoms with van der Waals surface area (Å²) in [5.74, 6) is 0.728. The predicted molar refractivity (Wildman–Crippen MR) is 102 cm³/mol. The number of ether oxygens (including phenoxy) is 2. The molecule has 25 heavy (non-hydrogen) atoms. The van der Waals surface area contributed by atoms with Crippen LogP contribution in [0.2, 0.25) is 5.02 Å². The van der Waals surface area contributed by atoms with Crippen molar-refractivity contribution in [1.82, 2.24) is 0 Å². The maximum atomic E-state index is 12.7. The van der Waals surface area contributed by atoms with Crippen LogP contribution in [0.25, 0.3) is 0 Å². The van der Waals surface area contributed by atoms with E-state index in [-0.39, 0.29) is 5.91 Å². The zero-order valence-electron chi connectivity index (χ0n) is 15.1. The quantitative estimate of drug-likeness (QED) is 0.718. The first-order valence-corrected chi connectivity index (χ1v) is 8.82. The maximum Gasteiger partial charge on any atom is 0.255 e. The van der Waals surface area contributed by atoms with Crippen molar-refractivity contribution in [2.75, 3.05) is 18.5 Å². The highest BCUT2D eigenvalue weighted by atomic mass is 35.5. The Labute approximate surface area is 154 Å². The highest BCUT2D eigenvalue weighted by molar-refractivity contribution is 6.32. The molecule has 134 valence electrons. The zero-order valence-corrected chi connectivity index (χ0v) is 15.9. The van der Waals surface area contributed by atoms with Crippen LogP contribution in [0.4, 0.5) is 5.69 Å². The third kappa shape index (κ3) is 4.67. The lowest BCUT2D eigenvalue weighted by Crippen LogP contribution is -2.14. The van der Waals surface area contributed by atoms with Crippen molar-refractivity contribution >= 4 is 23.2 Å². The van der Waals surface area contributed by atoms with Gasteiger partial charge in [-0.15, -0.1) is 0 Å². The lowest BCUT2D eigenvalue weighted by molar-refractivity contribution is 0.102. The molecule has 0 aliphatic rings. The summed E-state index contributed by atoms with van der Waals surface area (Å²) in [4.78, 5) is 12.7. The third-order valence-corrected chi connectivity index (χ3v) is 4.02. The molecule has 0 bridgehead atoms. The largest absolute Gasteiger partial charge is 0.490 e. The Morgan fingerprint density at radius 2 is 1.80 bits per heavy atom. The van der Waals surface area contributed by atoms with Crippen LogP contribution in [-0.4, -0.2) is 19.1 Å². The molecular formula is C20H24ClNO3. The number of benzene rings is 2. The standard InChI is InChI=1S/C20H24ClNO3/c1-5-10-25-19-16(21)11-15(12-17(19)24-6-2)20(23)22-18-13(3)8-7-9-14(18)4/h7-9,11-12H,5-6,10H2,1-4H3,(H,22,23). The molecule has 2 aromatic rings. The van der Waals surface area contributed by atoms with Gasteiger partial charge in [-0.25, -0.2) is 0 Å². The van der Waals surface area contributed by atoms with Crippen molar-refractivity contribution in [3.8, 4) is 11.5 Å². The fourth-order valence-electron chi connectivity index (χ4n) is 2.50. The number of hydrogen-bond donors (Lipinski definition) is 1. The minimum absolute atomic E-state index is 0.234. The summed E-state index contributed by atoms with van der Waals surface area (Å²) in [5, 5.41) is 3.33. The first-order valence-electron chi connectivity index (χ1n) is 8.44. The van der Waals surface area contributed by atoms with Crippen LogP contribution >= 0.6 is 11.6 Å². The van der Waals surface area contributed by atoms with Crippen molar-refractivity contribution in [2.45, 2.75) is 34.1 Å². The highest BCUT2D eigenvalue weighted by Crippen LogP contribution is 2.37. The van der Waals surface area contributed by atoms with Crippen LogP contribution in [-0.2, 0) is 0 Å². The second-order valence-corrected chi connectivity index (χ2v) is 6.19. The second-order valence-electron chi connectivity index (χ2n) is 5.79. The summed E-state index contributed by atoms with van der Waals surface area (Å²) in [6.07, 6.45) is 0.858. The summed E-state index contributed by atoms with van der Waals surface area (Å²) < 4.78 is 11.3. The number of aryl methyl sites for hydroxylation is 2. The molecule has 2 aromatic carbocycles. The Hall–Kier alpha value is -2.20. The Balaban J connectivity index is 2.33. The number of rotatable bonds is 7. The molecule has 0 aliphatic carbocycles.